The number of nitrogens with zero attached hydrogens (tertiary/aromatic N) is 3. The quantitative estimate of drug-likeness (QED) is 0.624. The lowest BCUT2D eigenvalue weighted by atomic mass is 10.1. The number of rotatable bonds is 1. The molecule has 0 N–H and O–H groups in total. The van der Waals surface area contributed by atoms with E-state index in [0.717, 1.165) is 16.5 Å². The van der Waals surface area contributed by atoms with Crippen molar-refractivity contribution in [3.63, 3.8) is 0 Å². The molecule has 3 rings (SSSR count). The van der Waals surface area contributed by atoms with Crippen LogP contribution in [0.4, 0.5) is 4.39 Å². The summed E-state index contributed by atoms with van der Waals surface area (Å²) in [7, 11) is 0. The molecule has 3 aromatic rings. The van der Waals surface area contributed by atoms with E-state index in [0.29, 0.717) is 5.69 Å². The molecular weight excluding hydrogens is 300 g/mol. The van der Waals surface area contributed by atoms with Gasteiger partial charge < -0.3 is 0 Å². The van der Waals surface area contributed by atoms with Gasteiger partial charge in [0, 0.05) is 5.39 Å². The molecule has 0 aliphatic heterocycles. The van der Waals surface area contributed by atoms with Crippen molar-refractivity contribution in [2.45, 2.75) is 6.92 Å². The van der Waals surface area contributed by atoms with Crippen molar-refractivity contribution in [2.24, 2.45) is 0 Å². The number of aryl methyl sites for hydroxylation is 1. The van der Waals surface area contributed by atoms with E-state index in [1.54, 1.807) is 0 Å². The smallest absolute Gasteiger partial charge is 0.197 e. The van der Waals surface area contributed by atoms with Crippen molar-refractivity contribution < 1.29 is 4.39 Å². The fraction of sp³-hybridized carbons (Fsp3) is 0.0714. The number of para-hydroxylation sites is 1. The topological polar surface area (TPSA) is 38.7 Å². The first kappa shape index (κ1) is 13.2. The molecule has 100 valence electrons. The Kier molecular flexibility index (Phi) is 3.28. The summed E-state index contributed by atoms with van der Waals surface area (Å²) in [5.74, 6) is -0.621. The number of halogens is 3. The van der Waals surface area contributed by atoms with Crippen LogP contribution in [0.5, 0.6) is 0 Å². The molecule has 1 aromatic carbocycles. The Labute approximate surface area is 124 Å². The first-order chi connectivity index (χ1) is 9.56. The monoisotopic (exact) mass is 307 g/mol. The zero-order valence-electron chi connectivity index (χ0n) is 10.4. The van der Waals surface area contributed by atoms with Gasteiger partial charge in [0.25, 0.3) is 0 Å². The van der Waals surface area contributed by atoms with E-state index in [4.69, 9.17) is 23.2 Å². The molecule has 0 saturated carbocycles. The lowest BCUT2D eigenvalue weighted by Gasteiger charge is -2.06. The maximum absolute atomic E-state index is 13.3. The van der Waals surface area contributed by atoms with Crippen LogP contribution in [0.1, 0.15) is 5.56 Å². The SMILES string of the molecule is Cc1cc(-c2nc(Cl)c(F)c(Cl)n2)nc2ccccc12. The summed E-state index contributed by atoms with van der Waals surface area (Å²) in [6.07, 6.45) is 0. The Morgan fingerprint density at radius 2 is 1.65 bits per heavy atom. The van der Waals surface area contributed by atoms with Crippen LogP contribution >= 0.6 is 23.2 Å². The predicted molar refractivity (Wildman–Crippen MR) is 77.5 cm³/mol. The van der Waals surface area contributed by atoms with Gasteiger partial charge in [-0.3, -0.25) is 0 Å². The minimum absolute atomic E-state index is 0.204. The van der Waals surface area contributed by atoms with Crippen molar-refractivity contribution in [1.82, 2.24) is 15.0 Å². The van der Waals surface area contributed by atoms with E-state index in [2.05, 4.69) is 15.0 Å². The van der Waals surface area contributed by atoms with E-state index < -0.39 is 5.82 Å². The molecule has 0 fully saturated rings. The van der Waals surface area contributed by atoms with Crippen molar-refractivity contribution >= 4 is 34.1 Å². The average molecular weight is 308 g/mol. The first-order valence-electron chi connectivity index (χ1n) is 5.81. The van der Waals surface area contributed by atoms with E-state index in [9.17, 15) is 4.39 Å². The highest BCUT2D eigenvalue weighted by Gasteiger charge is 2.14. The minimum Gasteiger partial charge on any atom is -0.244 e. The molecule has 0 atom stereocenters. The van der Waals surface area contributed by atoms with Crippen LogP contribution in [0, 0.1) is 12.7 Å². The third kappa shape index (κ3) is 2.21. The molecule has 0 unspecified atom stereocenters. The number of pyridine rings is 1. The summed E-state index contributed by atoms with van der Waals surface area (Å²) in [5, 5.41) is 0.413. The first-order valence-corrected chi connectivity index (χ1v) is 6.57. The maximum Gasteiger partial charge on any atom is 0.197 e. The molecule has 0 amide bonds. The second-order valence-electron chi connectivity index (χ2n) is 4.28. The third-order valence-corrected chi connectivity index (χ3v) is 3.42. The van der Waals surface area contributed by atoms with Gasteiger partial charge in [-0.25, -0.2) is 19.3 Å². The average Bonchev–Trinajstić information content (AvgIpc) is 2.44. The fourth-order valence-electron chi connectivity index (χ4n) is 1.97. The number of aromatic nitrogens is 3. The molecular formula is C14H8Cl2FN3. The van der Waals surface area contributed by atoms with Crippen LogP contribution < -0.4 is 0 Å². The second kappa shape index (κ2) is 4.96. The number of hydrogen-bond acceptors (Lipinski definition) is 3. The fourth-order valence-corrected chi connectivity index (χ4v) is 2.36. The molecule has 0 radical (unpaired) electrons. The van der Waals surface area contributed by atoms with Gasteiger partial charge in [-0.15, -0.1) is 0 Å². The van der Waals surface area contributed by atoms with Crippen molar-refractivity contribution in [3.05, 3.63) is 52.0 Å². The Bertz CT molecular complexity index is 798. The van der Waals surface area contributed by atoms with Gasteiger partial charge in [-0.2, -0.15) is 0 Å². The minimum atomic E-state index is -0.824. The Morgan fingerprint density at radius 3 is 2.35 bits per heavy atom. The lowest BCUT2D eigenvalue weighted by molar-refractivity contribution is 0.615. The van der Waals surface area contributed by atoms with Gasteiger partial charge in [0.15, 0.2) is 21.9 Å². The third-order valence-electron chi connectivity index (χ3n) is 2.92. The van der Waals surface area contributed by atoms with Crippen LogP contribution in [0.3, 0.4) is 0 Å². The molecule has 3 nitrogen and oxygen atoms in total. The highest BCUT2D eigenvalue weighted by molar-refractivity contribution is 6.33. The largest absolute Gasteiger partial charge is 0.244 e. The highest BCUT2D eigenvalue weighted by atomic mass is 35.5. The highest BCUT2D eigenvalue weighted by Crippen LogP contribution is 2.26. The Morgan fingerprint density at radius 1 is 1.00 bits per heavy atom. The summed E-state index contributed by atoms with van der Waals surface area (Å²) in [6.45, 7) is 1.96. The molecule has 0 bridgehead atoms. The molecule has 0 spiro atoms. The molecule has 0 aliphatic rings. The maximum atomic E-state index is 13.3. The summed E-state index contributed by atoms with van der Waals surface area (Å²) in [6, 6.07) is 9.52. The number of fused-ring (bicyclic) bond motifs is 1. The summed E-state index contributed by atoms with van der Waals surface area (Å²) < 4.78 is 13.3. The molecule has 20 heavy (non-hydrogen) atoms. The summed E-state index contributed by atoms with van der Waals surface area (Å²) in [5.41, 5.74) is 2.33. The number of hydrogen-bond donors (Lipinski definition) is 0. The molecule has 0 aliphatic carbocycles. The lowest BCUT2D eigenvalue weighted by Crippen LogP contribution is -1.97. The standard InChI is InChI=1S/C14H8Cl2FN3/c1-7-6-10(18-9-5-3-2-4-8(7)9)14-19-12(15)11(17)13(16)20-14/h2-6H,1H3. The van der Waals surface area contributed by atoms with Crippen LogP contribution in [0.25, 0.3) is 22.4 Å². The normalized spacial score (nSPS) is 11.0. The van der Waals surface area contributed by atoms with Gasteiger partial charge in [0.05, 0.1) is 5.52 Å². The van der Waals surface area contributed by atoms with Gasteiger partial charge >= 0.3 is 0 Å². The zero-order valence-corrected chi connectivity index (χ0v) is 11.9. The molecule has 0 saturated heterocycles. The van der Waals surface area contributed by atoms with Gasteiger partial charge in [0.1, 0.15) is 5.69 Å². The van der Waals surface area contributed by atoms with Crippen LogP contribution in [0.2, 0.25) is 10.3 Å². The molecule has 2 heterocycles. The van der Waals surface area contributed by atoms with Crippen LogP contribution in [0.15, 0.2) is 30.3 Å². The van der Waals surface area contributed by atoms with E-state index in [1.807, 2.05) is 37.3 Å². The van der Waals surface area contributed by atoms with Gasteiger partial charge in [0.2, 0.25) is 0 Å². The zero-order chi connectivity index (χ0) is 14.3. The van der Waals surface area contributed by atoms with E-state index in [1.165, 1.54) is 0 Å². The van der Waals surface area contributed by atoms with E-state index in [-0.39, 0.29) is 16.1 Å². The van der Waals surface area contributed by atoms with Gasteiger partial charge in [-0.05, 0) is 24.6 Å². The summed E-state index contributed by atoms with van der Waals surface area (Å²) >= 11 is 11.4. The van der Waals surface area contributed by atoms with Crippen molar-refractivity contribution in [1.29, 1.82) is 0 Å². The summed E-state index contributed by atoms with van der Waals surface area (Å²) in [4.78, 5) is 12.2. The second-order valence-corrected chi connectivity index (χ2v) is 5.00. The van der Waals surface area contributed by atoms with Crippen LogP contribution in [-0.2, 0) is 0 Å². The Balaban J connectivity index is 2.25. The number of benzene rings is 1. The van der Waals surface area contributed by atoms with E-state index >= 15 is 0 Å². The van der Waals surface area contributed by atoms with Crippen LogP contribution in [-0.4, -0.2) is 15.0 Å². The van der Waals surface area contributed by atoms with Gasteiger partial charge in [-0.1, -0.05) is 41.4 Å². The van der Waals surface area contributed by atoms with Crippen molar-refractivity contribution in [3.8, 4) is 11.5 Å². The molecule has 2 aromatic heterocycles. The molecule has 6 heteroatoms. The predicted octanol–water partition coefficient (Wildman–Crippen LogP) is 4.45. The van der Waals surface area contributed by atoms with Crippen molar-refractivity contribution in [2.75, 3.05) is 0 Å². The Hall–Kier alpha value is -1.78.